The fraction of sp³-hybridized carbons (Fsp3) is 0.550. The predicted octanol–water partition coefficient (Wildman–Crippen LogP) is 1.000. The smallest absolute Gasteiger partial charge is 0.414 e. The highest BCUT2D eigenvalue weighted by molar-refractivity contribution is 5.83. The lowest BCUT2D eigenvalue weighted by atomic mass is 10.1. The Bertz CT molecular complexity index is 734. The molecule has 10 heteroatoms. The van der Waals surface area contributed by atoms with Gasteiger partial charge in [0.05, 0.1) is 0 Å². The second kappa shape index (κ2) is 11.5. The molecule has 0 saturated carbocycles. The van der Waals surface area contributed by atoms with Gasteiger partial charge in [0.25, 0.3) is 0 Å². The number of carboxylic acids is 2. The molecular weight excluding hydrogens is 396 g/mol. The zero-order chi connectivity index (χ0) is 23.0. The van der Waals surface area contributed by atoms with E-state index in [1.54, 1.807) is 11.9 Å². The molecule has 0 fully saturated rings. The van der Waals surface area contributed by atoms with Crippen molar-refractivity contribution in [3.8, 4) is 5.75 Å². The SMILES string of the molecule is CCN(C)C(=O)Oc1ccc2c(c1)[C@H](NC(C)C)CC2.O=C(O)[C@H](O)[C@@H](O)C(=O)O. The molecular formula is C20H30N2O8. The van der Waals surface area contributed by atoms with Crippen LogP contribution in [0.1, 0.15) is 44.4 Å². The summed E-state index contributed by atoms with van der Waals surface area (Å²) in [6.45, 7) is 6.87. The molecule has 0 saturated heterocycles. The molecule has 3 atom stereocenters. The van der Waals surface area contributed by atoms with Gasteiger partial charge < -0.3 is 35.4 Å². The summed E-state index contributed by atoms with van der Waals surface area (Å²) < 4.78 is 5.40. The van der Waals surface area contributed by atoms with E-state index < -0.39 is 24.1 Å². The summed E-state index contributed by atoms with van der Waals surface area (Å²) in [6.07, 6.45) is -2.64. The van der Waals surface area contributed by atoms with E-state index in [1.165, 1.54) is 11.1 Å². The molecule has 1 amide bonds. The number of aliphatic carboxylic acids is 2. The number of amides is 1. The normalized spacial score (nSPS) is 16.7. The van der Waals surface area contributed by atoms with Gasteiger partial charge in [-0.15, -0.1) is 0 Å². The number of carbonyl (C=O) groups is 3. The maximum Gasteiger partial charge on any atom is 0.414 e. The predicted molar refractivity (Wildman–Crippen MR) is 107 cm³/mol. The van der Waals surface area contributed by atoms with Gasteiger partial charge in [-0.25, -0.2) is 14.4 Å². The average Bonchev–Trinajstić information content (AvgIpc) is 3.07. The number of aliphatic hydroxyl groups is 2. The minimum atomic E-state index is -2.27. The Morgan fingerprint density at radius 3 is 2.20 bits per heavy atom. The van der Waals surface area contributed by atoms with E-state index >= 15 is 0 Å². The molecule has 0 heterocycles. The first-order chi connectivity index (χ1) is 14.0. The Morgan fingerprint density at radius 1 is 1.17 bits per heavy atom. The average molecular weight is 426 g/mol. The summed E-state index contributed by atoms with van der Waals surface area (Å²) in [4.78, 5) is 32.9. The molecule has 1 aromatic rings. The van der Waals surface area contributed by atoms with Crippen LogP contribution in [0, 0.1) is 0 Å². The van der Waals surface area contributed by atoms with Crippen molar-refractivity contribution < 1.29 is 39.5 Å². The zero-order valence-electron chi connectivity index (χ0n) is 17.5. The van der Waals surface area contributed by atoms with Crippen LogP contribution in [-0.4, -0.2) is 75.2 Å². The number of fused-ring (bicyclic) bond motifs is 1. The largest absolute Gasteiger partial charge is 0.479 e. The molecule has 10 nitrogen and oxygen atoms in total. The Morgan fingerprint density at radius 2 is 1.73 bits per heavy atom. The number of hydrogen-bond donors (Lipinski definition) is 5. The van der Waals surface area contributed by atoms with E-state index in [1.807, 2.05) is 19.1 Å². The lowest BCUT2D eigenvalue weighted by molar-refractivity contribution is -0.165. The van der Waals surface area contributed by atoms with E-state index in [2.05, 4.69) is 25.2 Å². The summed E-state index contributed by atoms with van der Waals surface area (Å²) in [5.74, 6) is -2.91. The van der Waals surface area contributed by atoms with Gasteiger partial charge in [-0.05, 0) is 43.0 Å². The molecule has 0 bridgehead atoms. The van der Waals surface area contributed by atoms with Crippen LogP contribution in [0.25, 0.3) is 0 Å². The van der Waals surface area contributed by atoms with Gasteiger partial charge in [-0.2, -0.15) is 0 Å². The quantitative estimate of drug-likeness (QED) is 0.429. The lowest BCUT2D eigenvalue weighted by Gasteiger charge is -2.18. The number of benzene rings is 1. The molecule has 1 aliphatic rings. The minimum Gasteiger partial charge on any atom is -0.479 e. The first-order valence-electron chi connectivity index (χ1n) is 9.61. The van der Waals surface area contributed by atoms with Crippen molar-refractivity contribution in [1.29, 1.82) is 0 Å². The number of hydrogen-bond acceptors (Lipinski definition) is 7. The monoisotopic (exact) mass is 426 g/mol. The molecule has 0 unspecified atom stereocenters. The van der Waals surface area contributed by atoms with Gasteiger partial charge in [0.15, 0.2) is 12.2 Å². The van der Waals surface area contributed by atoms with E-state index in [4.69, 9.17) is 25.2 Å². The number of rotatable bonds is 7. The van der Waals surface area contributed by atoms with Crippen LogP contribution in [0.5, 0.6) is 5.75 Å². The first kappa shape index (κ1) is 25.3. The van der Waals surface area contributed by atoms with Crippen molar-refractivity contribution >= 4 is 18.0 Å². The number of nitrogens with one attached hydrogen (secondary N) is 1. The van der Waals surface area contributed by atoms with Gasteiger partial charge in [0, 0.05) is 25.7 Å². The molecule has 0 spiro atoms. The summed E-state index contributed by atoms with van der Waals surface area (Å²) in [6, 6.07) is 6.78. The fourth-order valence-electron chi connectivity index (χ4n) is 2.80. The summed E-state index contributed by atoms with van der Waals surface area (Å²) in [5, 5.41) is 36.1. The van der Waals surface area contributed by atoms with Crippen LogP contribution < -0.4 is 10.1 Å². The van der Waals surface area contributed by atoms with Gasteiger partial charge in [-0.1, -0.05) is 19.9 Å². The standard InChI is InChI=1S/C16H24N2O2.C4H6O6/c1-5-18(4)16(19)20-13-8-6-12-7-9-15(14(12)10-13)17-11(2)3;5-1(3(7)8)2(6)4(9)10/h6,8,10-11,15,17H,5,7,9H2,1-4H3;1-2,5-6H,(H,7,8)(H,9,10)/t15-;1-,2-/m11/s1. The van der Waals surface area contributed by atoms with Gasteiger partial charge in [0.1, 0.15) is 5.75 Å². The molecule has 168 valence electrons. The van der Waals surface area contributed by atoms with Crippen molar-refractivity contribution in [1.82, 2.24) is 10.2 Å². The molecule has 0 radical (unpaired) electrons. The van der Waals surface area contributed by atoms with E-state index in [0.29, 0.717) is 24.4 Å². The molecule has 5 N–H and O–H groups in total. The third kappa shape index (κ3) is 7.29. The third-order valence-corrected chi connectivity index (χ3v) is 4.53. The first-order valence-corrected chi connectivity index (χ1v) is 9.61. The number of carboxylic acid groups (broad SMARTS) is 2. The summed E-state index contributed by atoms with van der Waals surface area (Å²) >= 11 is 0. The van der Waals surface area contributed by atoms with E-state index in [-0.39, 0.29) is 6.09 Å². The van der Waals surface area contributed by atoms with Crippen LogP contribution in [0.3, 0.4) is 0 Å². The fourth-order valence-corrected chi connectivity index (χ4v) is 2.80. The number of nitrogens with zero attached hydrogens (tertiary/aromatic N) is 1. The van der Waals surface area contributed by atoms with Crippen LogP contribution in [-0.2, 0) is 16.0 Å². The lowest BCUT2D eigenvalue weighted by Crippen LogP contribution is -2.39. The molecule has 0 aliphatic heterocycles. The number of aliphatic hydroxyl groups excluding tert-OH is 2. The Labute approximate surface area is 175 Å². The van der Waals surface area contributed by atoms with Crippen LogP contribution in [0.2, 0.25) is 0 Å². The summed E-state index contributed by atoms with van der Waals surface area (Å²) in [7, 11) is 1.73. The molecule has 1 aromatic carbocycles. The number of aryl methyl sites for hydroxylation is 1. The Balaban J connectivity index is 0.000000382. The van der Waals surface area contributed by atoms with E-state index in [0.717, 1.165) is 12.8 Å². The number of carbonyl (C=O) groups excluding carboxylic acids is 1. The molecule has 30 heavy (non-hydrogen) atoms. The topological polar surface area (TPSA) is 157 Å². The van der Waals surface area contributed by atoms with Gasteiger partial charge in [0.2, 0.25) is 0 Å². The molecule has 0 aromatic heterocycles. The second-order valence-corrected chi connectivity index (χ2v) is 7.22. The van der Waals surface area contributed by atoms with Crippen molar-refractivity contribution in [3.05, 3.63) is 29.3 Å². The van der Waals surface area contributed by atoms with Crippen molar-refractivity contribution in [2.24, 2.45) is 0 Å². The van der Waals surface area contributed by atoms with Crippen molar-refractivity contribution in [2.75, 3.05) is 13.6 Å². The van der Waals surface area contributed by atoms with Gasteiger partial charge in [-0.3, -0.25) is 0 Å². The molecule has 2 rings (SSSR count). The Kier molecular flexibility index (Phi) is 9.70. The Hall–Kier alpha value is -2.69. The van der Waals surface area contributed by atoms with Crippen molar-refractivity contribution in [3.63, 3.8) is 0 Å². The maximum atomic E-state index is 11.8. The maximum absolute atomic E-state index is 11.8. The number of ether oxygens (including phenoxy) is 1. The third-order valence-electron chi connectivity index (χ3n) is 4.53. The van der Waals surface area contributed by atoms with Gasteiger partial charge >= 0.3 is 18.0 Å². The second-order valence-electron chi connectivity index (χ2n) is 7.22. The minimum absolute atomic E-state index is 0.307. The van der Waals surface area contributed by atoms with Crippen LogP contribution in [0.4, 0.5) is 4.79 Å². The summed E-state index contributed by atoms with van der Waals surface area (Å²) in [5.41, 5.74) is 2.62. The van der Waals surface area contributed by atoms with Crippen LogP contribution >= 0.6 is 0 Å². The zero-order valence-corrected chi connectivity index (χ0v) is 17.5. The van der Waals surface area contributed by atoms with Crippen molar-refractivity contribution in [2.45, 2.75) is 57.9 Å². The highest BCUT2D eigenvalue weighted by Gasteiger charge is 2.29. The van der Waals surface area contributed by atoms with E-state index in [9.17, 15) is 14.4 Å². The van der Waals surface area contributed by atoms with Crippen LogP contribution in [0.15, 0.2) is 18.2 Å². The molecule has 1 aliphatic carbocycles. The highest BCUT2D eigenvalue weighted by atomic mass is 16.6. The highest BCUT2D eigenvalue weighted by Crippen LogP contribution is 2.34.